The SMILES string of the molecule is CCc1cc(N2C[C@@H]3NC(=O)c4ccc(OC)c(c4)OCC(=O)NCc4ccc(cc4)O[C@H]3C2)nc(N2CCOCC2)n1. The summed E-state index contributed by atoms with van der Waals surface area (Å²) in [5.41, 5.74) is 2.25. The van der Waals surface area contributed by atoms with Crippen LogP contribution in [0.15, 0.2) is 48.5 Å². The molecule has 12 heteroatoms. The number of hydrogen-bond acceptors (Lipinski definition) is 10. The molecule has 0 saturated carbocycles. The van der Waals surface area contributed by atoms with Crippen LogP contribution in [0.5, 0.6) is 17.2 Å². The second-order valence-electron chi connectivity index (χ2n) is 10.7. The highest BCUT2D eigenvalue weighted by atomic mass is 16.5. The summed E-state index contributed by atoms with van der Waals surface area (Å²) in [6.45, 7) is 5.99. The number of nitrogens with one attached hydrogen (secondary N) is 2. The van der Waals surface area contributed by atoms with E-state index >= 15 is 0 Å². The zero-order valence-electron chi connectivity index (χ0n) is 24.4. The Balaban J connectivity index is 1.31. The molecule has 4 aliphatic rings. The van der Waals surface area contributed by atoms with Crippen molar-refractivity contribution in [3.63, 3.8) is 0 Å². The van der Waals surface area contributed by atoms with Gasteiger partial charge in [-0.25, -0.2) is 4.98 Å². The maximum atomic E-state index is 13.6. The Morgan fingerprint density at radius 1 is 1.00 bits per heavy atom. The Labute approximate surface area is 250 Å². The molecule has 4 aliphatic heterocycles. The highest BCUT2D eigenvalue weighted by molar-refractivity contribution is 5.95. The lowest BCUT2D eigenvalue weighted by molar-refractivity contribution is -0.123. The predicted molar refractivity (Wildman–Crippen MR) is 159 cm³/mol. The normalized spacial score (nSPS) is 20.8. The molecule has 2 amide bonds. The van der Waals surface area contributed by atoms with Crippen molar-refractivity contribution in [2.45, 2.75) is 32.0 Å². The standard InChI is InChI=1S/C31H36N6O6/c1-3-22-15-28(35-31(33-22)36-10-12-41-13-11-36)37-17-24-27(18-37)43-23-7-4-20(5-8-23)16-32-29(38)19-42-26-14-21(30(39)34-24)6-9-25(26)40-2/h4-9,14-15,24,27H,3,10-13,16-19H2,1-2H3,(H,32,38)(H,34,39)/t24-,27-/m0/s1. The van der Waals surface area contributed by atoms with E-state index in [0.29, 0.717) is 61.6 Å². The predicted octanol–water partition coefficient (Wildman–Crippen LogP) is 1.96. The van der Waals surface area contributed by atoms with Crippen molar-refractivity contribution in [2.24, 2.45) is 0 Å². The van der Waals surface area contributed by atoms with Gasteiger partial charge in [0.05, 0.1) is 32.9 Å². The molecule has 226 valence electrons. The van der Waals surface area contributed by atoms with Crippen LogP contribution in [0, 0.1) is 0 Å². The summed E-state index contributed by atoms with van der Waals surface area (Å²) >= 11 is 0. The third kappa shape index (κ3) is 6.59. The molecule has 0 aliphatic carbocycles. The first-order valence-electron chi connectivity index (χ1n) is 14.6. The zero-order chi connectivity index (χ0) is 29.8. The van der Waals surface area contributed by atoms with Gasteiger partial charge >= 0.3 is 0 Å². The average molecular weight is 589 g/mol. The van der Waals surface area contributed by atoms with E-state index in [4.69, 9.17) is 28.9 Å². The molecular formula is C31H36N6O6. The molecule has 1 aromatic heterocycles. The van der Waals surface area contributed by atoms with Crippen molar-refractivity contribution in [2.75, 3.05) is 62.9 Å². The minimum absolute atomic E-state index is 0.215. The summed E-state index contributed by atoms with van der Waals surface area (Å²) in [7, 11) is 1.51. The van der Waals surface area contributed by atoms with Crippen molar-refractivity contribution in [3.05, 3.63) is 65.4 Å². The fourth-order valence-electron chi connectivity index (χ4n) is 5.37. The number of fused-ring (bicyclic) bond motifs is 7. The summed E-state index contributed by atoms with van der Waals surface area (Å²) in [5.74, 6) is 2.32. The molecule has 12 nitrogen and oxygen atoms in total. The van der Waals surface area contributed by atoms with E-state index in [-0.39, 0.29) is 30.6 Å². The first kappa shape index (κ1) is 28.5. The van der Waals surface area contributed by atoms with Crippen LogP contribution >= 0.6 is 0 Å². The molecule has 0 spiro atoms. The molecule has 2 saturated heterocycles. The van der Waals surface area contributed by atoms with Gasteiger partial charge in [-0.15, -0.1) is 0 Å². The molecule has 7 rings (SSSR count). The van der Waals surface area contributed by atoms with Crippen LogP contribution in [0.3, 0.4) is 0 Å². The van der Waals surface area contributed by atoms with Crippen LogP contribution in [-0.2, 0) is 22.5 Å². The highest BCUT2D eigenvalue weighted by Gasteiger charge is 2.37. The van der Waals surface area contributed by atoms with E-state index in [1.165, 1.54) is 7.11 Å². The smallest absolute Gasteiger partial charge is 0.258 e. The van der Waals surface area contributed by atoms with E-state index in [9.17, 15) is 9.59 Å². The van der Waals surface area contributed by atoms with Crippen molar-refractivity contribution < 1.29 is 28.5 Å². The number of hydrogen-bond donors (Lipinski definition) is 2. The molecule has 2 atom stereocenters. The largest absolute Gasteiger partial charge is 0.493 e. The number of benzene rings is 2. The van der Waals surface area contributed by atoms with Crippen LogP contribution in [0.25, 0.3) is 0 Å². The van der Waals surface area contributed by atoms with Gasteiger partial charge in [0.2, 0.25) is 5.95 Å². The third-order valence-corrected chi connectivity index (χ3v) is 7.80. The summed E-state index contributed by atoms with van der Waals surface area (Å²) in [6.07, 6.45) is 0.418. The molecule has 0 radical (unpaired) electrons. The number of methoxy groups -OCH3 is 1. The molecule has 2 fully saturated rings. The molecule has 3 aromatic rings. The number of ether oxygens (including phenoxy) is 4. The fraction of sp³-hybridized carbons (Fsp3) is 0.419. The molecular weight excluding hydrogens is 552 g/mol. The number of carbonyl (C=O) groups excluding carboxylic acids is 2. The van der Waals surface area contributed by atoms with E-state index < -0.39 is 0 Å². The lowest BCUT2D eigenvalue weighted by Gasteiger charge is -2.28. The van der Waals surface area contributed by atoms with E-state index in [1.807, 2.05) is 30.3 Å². The molecule has 43 heavy (non-hydrogen) atoms. The van der Waals surface area contributed by atoms with Crippen molar-refractivity contribution >= 4 is 23.6 Å². The quantitative estimate of drug-likeness (QED) is 0.467. The number of anilines is 2. The molecule has 0 unspecified atom stereocenters. The average Bonchev–Trinajstić information content (AvgIpc) is 3.44. The first-order chi connectivity index (χ1) is 21.0. The van der Waals surface area contributed by atoms with Gasteiger partial charge in [0, 0.05) is 43.5 Å². The highest BCUT2D eigenvalue weighted by Crippen LogP contribution is 2.29. The molecule has 2 aromatic carbocycles. The van der Waals surface area contributed by atoms with Gasteiger partial charge in [0.1, 0.15) is 17.7 Å². The van der Waals surface area contributed by atoms with Gasteiger partial charge in [0.15, 0.2) is 18.1 Å². The number of carbonyl (C=O) groups is 2. The fourth-order valence-corrected chi connectivity index (χ4v) is 5.37. The number of rotatable bonds is 4. The van der Waals surface area contributed by atoms with Crippen LogP contribution in [0.4, 0.5) is 11.8 Å². The Kier molecular flexibility index (Phi) is 8.45. The minimum Gasteiger partial charge on any atom is -0.493 e. The number of nitrogens with zero attached hydrogens (tertiary/aromatic N) is 4. The summed E-state index contributed by atoms with van der Waals surface area (Å²) in [6, 6.07) is 14.2. The second-order valence-corrected chi connectivity index (χ2v) is 10.7. The third-order valence-electron chi connectivity index (χ3n) is 7.80. The van der Waals surface area contributed by atoms with Crippen LogP contribution in [0.2, 0.25) is 0 Å². The van der Waals surface area contributed by atoms with Gasteiger partial charge in [-0.3, -0.25) is 9.59 Å². The first-order valence-corrected chi connectivity index (χ1v) is 14.6. The summed E-state index contributed by atoms with van der Waals surface area (Å²) < 4.78 is 23.2. The van der Waals surface area contributed by atoms with Gasteiger partial charge in [-0.2, -0.15) is 4.98 Å². The number of aryl methyl sites for hydroxylation is 1. The van der Waals surface area contributed by atoms with E-state index in [2.05, 4.69) is 27.4 Å². The Morgan fingerprint density at radius 3 is 2.58 bits per heavy atom. The minimum atomic E-state index is -0.356. The summed E-state index contributed by atoms with van der Waals surface area (Å²) in [4.78, 5) is 40.0. The monoisotopic (exact) mass is 588 g/mol. The zero-order valence-corrected chi connectivity index (χ0v) is 24.4. The topological polar surface area (TPSA) is 127 Å². The Hall–Kier alpha value is -4.58. The molecule has 4 bridgehead atoms. The maximum absolute atomic E-state index is 13.6. The van der Waals surface area contributed by atoms with Gasteiger partial charge in [0.25, 0.3) is 11.8 Å². The molecule has 5 heterocycles. The Morgan fingerprint density at radius 2 is 1.81 bits per heavy atom. The van der Waals surface area contributed by atoms with Crippen LogP contribution in [0.1, 0.15) is 28.5 Å². The Bertz CT molecular complexity index is 1460. The van der Waals surface area contributed by atoms with Crippen molar-refractivity contribution in [1.82, 2.24) is 20.6 Å². The van der Waals surface area contributed by atoms with Crippen molar-refractivity contribution in [1.29, 1.82) is 0 Å². The second kappa shape index (κ2) is 12.7. The maximum Gasteiger partial charge on any atom is 0.258 e. The van der Waals surface area contributed by atoms with Gasteiger partial charge in [-0.1, -0.05) is 19.1 Å². The van der Waals surface area contributed by atoms with E-state index in [1.54, 1.807) is 18.2 Å². The lowest BCUT2D eigenvalue weighted by atomic mass is 10.1. The number of morpholine rings is 1. The lowest BCUT2D eigenvalue weighted by Crippen LogP contribution is -2.45. The van der Waals surface area contributed by atoms with Gasteiger partial charge in [-0.05, 0) is 42.3 Å². The number of amides is 2. The van der Waals surface area contributed by atoms with Crippen molar-refractivity contribution in [3.8, 4) is 17.2 Å². The van der Waals surface area contributed by atoms with Crippen LogP contribution < -0.4 is 34.6 Å². The van der Waals surface area contributed by atoms with Gasteiger partial charge < -0.3 is 39.4 Å². The van der Waals surface area contributed by atoms with E-state index in [0.717, 1.165) is 36.6 Å². The summed E-state index contributed by atoms with van der Waals surface area (Å²) in [5, 5.41) is 6.03. The molecule has 2 N–H and O–H groups in total. The van der Waals surface area contributed by atoms with Crippen LogP contribution in [-0.4, -0.2) is 87.0 Å². The number of aromatic nitrogens is 2.